The summed E-state index contributed by atoms with van der Waals surface area (Å²) < 4.78 is 4.84. The third-order valence-corrected chi connectivity index (χ3v) is 3.71. The van der Waals surface area contributed by atoms with E-state index < -0.39 is 0 Å². The maximum atomic E-state index is 12.0. The highest BCUT2D eigenvalue weighted by atomic mass is 16.1. The van der Waals surface area contributed by atoms with Gasteiger partial charge < -0.3 is 5.32 Å². The molecule has 0 amide bonds. The first kappa shape index (κ1) is 12.6. The smallest absolute Gasteiger partial charge is 0.328 e. The topological polar surface area (TPSA) is 82.0 Å². The lowest BCUT2D eigenvalue weighted by atomic mass is 10.2. The summed E-state index contributed by atoms with van der Waals surface area (Å²) in [6, 6.07) is 9.42. The molecule has 4 aromatic rings. The van der Waals surface area contributed by atoms with Crippen LogP contribution >= 0.6 is 0 Å². The number of aromatic nitrogens is 6. The van der Waals surface area contributed by atoms with Crippen LogP contribution in [0.3, 0.4) is 0 Å². The highest BCUT2D eigenvalue weighted by molar-refractivity contribution is 5.81. The van der Waals surface area contributed by atoms with E-state index in [1.54, 1.807) is 34.1 Å². The number of rotatable bonds is 2. The predicted octanol–water partition coefficient (Wildman–Crippen LogP) is 1.06. The number of anilines is 2. The summed E-state index contributed by atoms with van der Waals surface area (Å²) in [5.41, 5.74) is 3.25. The van der Waals surface area contributed by atoms with Crippen molar-refractivity contribution < 1.29 is 0 Å². The zero-order chi connectivity index (χ0) is 15.3. The third-order valence-electron chi connectivity index (χ3n) is 3.71. The van der Waals surface area contributed by atoms with E-state index in [9.17, 15) is 4.79 Å². The van der Waals surface area contributed by atoms with Gasteiger partial charge in [0.1, 0.15) is 6.33 Å². The second-order valence-corrected chi connectivity index (χ2v) is 5.08. The van der Waals surface area contributed by atoms with Crippen LogP contribution in [0.2, 0.25) is 0 Å². The zero-order valence-corrected chi connectivity index (χ0v) is 12.1. The maximum absolute atomic E-state index is 12.0. The van der Waals surface area contributed by atoms with Gasteiger partial charge in [0.25, 0.3) is 0 Å². The Hall–Kier alpha value is -3.16. The summed E-state index contributed by atoms with van der Waals surface area (Å²) in [6.45, 7) is 0. The van der Waals surface area contributed by atoms with Crippen molar-refractivity contribution in [2.75, 3.05) is 5.32 Å². The second kappa shape index (κ2) is 4.42. The summed E-state index contributed by atoms with van der Waals surface area (Å²) in [6.07, 6.45) is 1.55. The van der Waals surface area contributed by atoms with E-state index in [0.29, 0.717) is 11.5 Å². The van der Waals surface area contributed by atoms with Crippen molar-refractivity contribution in [3.05, 3.63) is 47.1 Å². The van der Waals surface area contributed by atoms with Crippen molar-refractivity contribution in [3.8, 4) is 0 Å². The van der Waals surface area contributed by atoms with Crippen LogP contribution < -0.4 is 11.0 Å². The molecule has 0 aliphatic carbocycles. The number of hydrogen-bond acceptors (Lipinski definition) is 5. The molecule has 0 bridgehead atoms. The molecular weight excluding hydrogens is 282 g/mol. The van der Waals surface area contributed by atoms with Crippen LogP contribution in [-0.4, -0.2) is 28.9 Å². The van der Waals surface area contributed by atoms with E-state index in [0.717, 1.165) is 16.7 Å². The minimum absolute atomic E-state index is 0.0452. The molecule has 0 saturated carbocycles. The molecule has 8 nitrogen and oxygen atoms in total. The molecule has 1 aromatic carbocycles. The molecule has 0 saturated heterocycles. The van der Waals surface area contributed by atoms with E-state index >= 15 is 0 Å². The molecule has 3 heterocycles. The standard InChI is InChI=1S/C14H13N7O/c1-19-10-4-3-9(7-11(10)20(2)14(19)22)16-12-5-6-13-17-15-8-21(13)18-12/h3-8H,1-2H3,(H,16,18). The van der Waals surface area contributed by atoms with Crippen LogP contribution in [0.4, 0.5) is 11.5 Å². The van der Waals surface area contributed by atoms with Crippen LogP contribution in [0.25, 0.3) is 16.7 Å². The molecule has 22 heavy (non-hydrogen) atoms. The molecule has 0 aliphatic rings. The van der Waals surface area contributed by atoms with E-state index in [1.807, 2.05) is 30.3 Å². The Kier molecular flexibility index (Phi) is 2.52. The van der Waals surface area contributed by atoms with E-state index in [2.05, 4.69) is 20.6 Å². The number of nitrogens with zero attached hydrogens (tertiary/aromatic N) is 6. The quantitative estimate of drug-likeness (QED) is 0.598. The summed E-state index contributed by atoms with van der Waals surface area (Å²) in [5.74, 6) is 0.674. The van der Waals surface area contributed by atoms with Gasteiger partial charge in [0.2, 0.25) is 0 Å². The summed E-state index contributed by atoms with van der Waals surface area (Å²) in [5, 5.41) is 15.3. The normalized spacial score (nSPS) is 11.4. The Labute approximate surface area is 124 Å². The molecule has 4 rings (SSSR count). The number of benzene rings is 1. The Morgan fingerprint density at radius 3 is 2.73 bits per heavy atom. The van der Waals surface area contributed by atoms with Crippen molar-refractivity contribution >= 4 is 28.2 Å². The minimum atomic E-state index is -0.0452. The fraction of sp³-hybridized carbons (Fsp3) is 0.143. The van der Waals surface area contributed by atoms with Crippen LogP contribution in [0.5, 0.6) is 0 Å². The van der Waals surface area contributed by atoms with Crippen molar-refractivity contribution in [1.29, 1.82) is 0 Å². The molecular formula is C14H13N7O. The van der Waals surface area contributed by atoms with E-state index in [-0.39, 0.29) is 5.69 Å². The zero-order valence-electron chi connectivity index (χ0n) is 12.1. The lowest BCUT2D eigenvalue weighted by Gasteiger charge is -2.06. The molecule has 110 valence electrons. The maximum Gasteiger partial charge on any atom is 0.328 e. The number of aryl methyl sites for hydroxylation is 2. The van der Waals surface area contributed by atoms with Gasteiger partial charge in [-0.2, -0.15) is 4.52 Å². The Bertz CT molecular complexity index is 1060. The molecule has 0 atom stereocenters. The molecule has 3 aromatic heterocycles. The monoisotopic (exact) mass is 295 g/mol. The van der Waals surface area contributed by atoms with Gasteiger partial charge in [0.15, 0.2) is 11.5 Å². The van der Waals surface area contributed by atoms with Crippen LogP contribution in [0.15, 0.2) is 41.5 Å². The summed E-state index contributed by atoms with van der Waals surface area (Å²) >= 11 is 0. The number of imidazole rings is 1. The van der Waals surface area contributed by atoms with E-state index in [4.69, 9.17) is 0 Å². The molecule has 0 radical (unpaired) electrons. The van der Waals surface area contributed by atoms with Gasteiger partial charge in [-0.15, -0.1) is 15.3 Å². The first-order valence-electron chi connectivity index (χ1n) is 6.73. The molecule has 0 fully saturated rings. The fourth-order valence-corrected chi connectivity index (χ4v) is 2.53. The highest BCUT2D eigenvalue weighted by Gasteiger charge is 2.08. The predicted molar refractivity (Wildman–Crippen MR) is 82.2 cm³/mol. The van der Waals surface area contributed by atoms with Crippen LogP contribution in [0, 0.1) is 0 Å². The molecule has 8 heteroatoms. The van der Waals surface area contributed by atoms with Crippen molar-refractivity contribution in [3.63, 3.8) is 0 Å². The van der Waals surface area contributed by atoms with Crippen LogP contribution in [-0.2, 0) is 14.1 Å². The summed E-state index contributed by atoms with van der Waals surface area (Å²) in [4.78, 5) is 12.0. The lowest BCUT2D eigenvalue weighted by molar-refractivity contribution is 0.795. The van der Waals surface area contributed by atoms with Gasteiger partial charge in [0.05, 0.1) is 11.0 Å². The van der Waals surface area contributed by atoms with Gasteiger partial charge in [0, 0.05) is 19.8 Å². The van der Waals surface area contributed by atoms with Crippen molar-refractivity contribution in [1.82, 2.24) is 28.9 Å². The molecule has 1 N–H and O–H groups in total. The van der Waals surface area contributed by atoms with Gasteiger partial charge in [-0.25, -0.2) is 4.79 Å². The Morgan fingerprint density at radius 2 is 1.86 bits per heavy atom. The van der Waals surface area contributed by atoms with Gasteiger partial charge in [-0.1, -0.05) is 0 Å². The second-order valence-electron chi connectivity index (χ2n) is 5.08. The lowest BCUT2D eigenvalue weighted by Crippen LogP contribution is -2.19. The Balaban J connectivity index is 1.77. The van der Waals surface area contributed by atoms with E-state index in [1.165, 1.54) is 0 Å². The van der Waals surface area contributed by atoms with Gasteiger partial charge in [-0.05, 0) is 30.3 Å². The SMILES string of the molecule is Cn1c(=O)n(C)c2cc(Nc3ccc4nncn4n3)ccc21. The molecule has 0 spiro atoms. The highest BCUT2D eigenvalue weighted by Crippen LogP contribution is 2.20. The minimum Gasteiger partial charge on any atom is -0.339 e. The molecule has 0 aliphatic heterocycles. The van der Waals surface area contributed by atoms with Crippen LogP contribution in [0.1, 0.15) is 0 Å². The summed E-state index contributed by atoms with van der Waals surface area (Å²) in [7, 11) is 3.52. The average molecular weight is 295 g/mol. The van der Waals surface area contributed by atoms with Crippen molar-refractivity contribution in [2.45, 2.75) is 0 Å². The number of fused-ring (bicyclic) bond motifs is 2. The largest absolute Gasteiger partial charge is 0.339 e. The molecule has 0 unspecified atom stereocenters. The number of hydrogen-bond donors (Lipinski definition) is 1. The van der Waals surface area contributed by atoms with Crippen molar-refractivity contribution in [2.24, 2.45) is 14.1 Å². The first-order chi connectivity index (χ1) is 10.6. The fourth-order valence-electron chi connectivity index (χ4n) is 2.53. The third kappa shape index (κ3) is 1.77. The number of nitrogens with one attached hydrogen (secondary N) is 1. The van der Waals surface area contributed by atoms with Gasteiger partial charge >= 0.3 is 5.69 Å². The Morgan fingerprint density at radius 1 is 1.05 bits per heavy atom. The van der Waals surface area contributed by atoms with Gasteiger partial charge in [-0.3, -0.25) is 9.13 Å². The first-order valence-corrected chi connectivity index (χ1v) is 6.73. The average Bonchev–Trinajstić information content (AvgIpc) is 3.07.